The number of hydrogen-bond donors (Lipinski definition) is 3. The molecule has 1 aromatic rings. The van der Waals surface area contributed by atoms with E-state index in [1.165, 1.54) is 12.1 Å². The molecule has 1 aliphatic heterocycles. The fraction of sp³-hybridized carbons (Fsp3) is 0.562. The number of ether oxygens (including phenoxy) is 1. The summed E-state index contributed by atoms with van der Waals surface area (Å²) in [6.07, 6.45) is 0.920. The normalized spacial score (nSPS) is 16.0. The fourth-order valence-electron chi connectivity index (χ4n) is 2.47. The minimum absolute atomic E-state index is 0. The van der Waals surface area contributed by atoms with Gasteiger partial charge in [0.25, 0.3) is 0 Å². The Kier molecular flexibility index (Phi) is 11.5. The summed E-state index contributed by atoms with van der Waals surface area (Å²) in [5.41, 5.74) is 5.78. The molecule has 8 nitrogen and oxygen atoms in total. The molecule has 0 radical (unpaired) electrons. The van der Waals surface area contributed by atoms with Crippen LogP contribution >= 0.6 is 35.6 Å². The van der Waals surface area contributed by atoms with Crippen molar-refractivity contribution in [1.29, 1.82) is 0 Å². The number of guanidine groups is 1. The van der Waals surface area contributed by atoms with E-state index >= 15 is 0 Å². The Morgan fingerprint density at radius 1 is 1.30 bits per heavy atom. The molecule has 27 heavy (non-hydrogen) atoms. The molecule has 1 heterocycles. The van der Waals surface area contributed by atoms with Gasteiger partial charge in [-0.25, -0.2) is 13.1 Å². The molecule has 0 bridgehead atoms. The largest absolute Gasteiger partial charge is 0.379 e. The maximum Gasteiger partial charge on any atom is 0.240 e. The number of morpholine rings is 1. The van der Waals surface area contributed by atoms with Crippen molar-refractivity contribution >= 4 is 51.6 Å². The van der Waals surface area contributed by atoms with Crippen molar-refractivity contribution in [2.24, 2.45) is 10.7 Å². The zero-order chi connectivity index (χ0) is 18.8. The van der Waals surface area contributed by atoms with Crippen LogP contribution in [-0.4, -0.2) is 71.8 Å². The number of nitrogens with zero attached hydrogens (tertiary/aromatic N) is 2. The molecule has 2 rings (SSSR count). The van der Waals surface area contributed by atoms with Gasteiger partial charge in [-0.1, -0.05) is 17.7 Å². The zero-order valence-corrected chi connectivity index (χ0v) is 19.0. The van der Waals surface area contributed by atoms with Gasteiger partial charge in [-0.05, 0) is 24.6 Å². The molecule has 154 valence electrons. The summed E-state index contributed by atoms with van der Waals surface area (Å²) in [5, 5.41) is 3.27. The van der Waals surface area contributed by atoms with Crippen molar-refractivity contribution in [3.8, 4) is 0 Å². The summed E-state index contributed by atoms with van der Waals surface area (Å²) in [5.74, 6) is 0.314. The summed E-state index contributed by atoms with van der Waals surface area (Å²) < 4.78 is 32.0. The number of sulfonamides is 1. The summed E-state index contributed by atoms with van der Waals surface area (Å²) in [6.45, 7) is 5.64. The Labute approximate surface area is 182 Å². The highest BCUT2D eigenvalue weighted by atomic mass is 127. The van der Waals surface area contributed by atoms with Gasteiger partial charge in [0.1, 0.15) is 0 Å². The lowest BCUT2D eigenvalue weighted by Crippen LogP contribution is -2.39. The molecule has 1 aromatic carbocycles. The first-order valence-electron chi connectivity index (χ1n) is 8.56. The standard InChI is InChI=1S/C16H26ClN5O3S.HI/c17-14-3-1-4-15(13-14)26(23,24)21-7-6-20-16(18)19-5-2-8-22-9-11-25-12-10-22;/h1,3-4,13,21H,2,5-12H2,(H3,18,19,20);1H. The van der Waals surface area contributed by atoms with Crippen LogP contribution in [0.15, 0.2) is 34.2 Å². The quantitative estimate of drug-likeness (QED) is 0.189. The van der Waals surface area contributed by atoms with E-state index < -0.39 is 10.0 Å². The molecular formula is C16H27ClIN5O3S. The third-order valence-electron chi connectivity index (χ3n) is 3.85. The van der Waals surface area contributed by atoms with Crippen molar-refractivity contribution in [3.05, 3.63) is 29.3 Å². The highest BCUT2D eigenvalue weighted by molar-refractivity contribution is 14.0. The first kappa shape index (κ1) is 24.4. The number of aliphatic imine (C=N–C) groups is 1. The van der Waals surface area contributed by atoms with Gasteiger partial charge in [0.15, 0.2) is 5.96 Å². The Bertz CT molecular complexity index is 699. The SMILES string of the molecule is I.NC(=NCCCN1CCOCC1)NCCNS(=O)(=O)c1cccc(Cl)c1. The Balaban J connectivity index is 0.00000364. The van der Waals surface area contributed by atoms with E-state index in [2.05, 4.69) is 19.9 Å². The highest BCUT2D eigenvalue weighted by Gasteiger charge is 2.13. The topological polar surface area (TPSA) is 109 Å². The van der Waals surface area contributed by atoms with E-state index in [-0.39, 0.29) is 35.4 Å². The predicted molar refractivity (Wildman–Crippen MR) is 118 cm³/mol. The summed E-state index contributed by atoms with van der Waals surface area (Å²) >= 11 is 5.82. The first-order valence-corrected chi connectivity index (χ1v) is 10.4. The second kappa shape index (κ2) is 12.7. The molecule has 1 fully saturated rings. The third kappa shape index (κ3) is 9.39. The number of halogens is 2. The molecular weight excluding hydrogens is 505 g/mol. The van der Waals surface area contributed by atoms with Gasteiger partial charge in [-0.2, -0.15) is 0 Å². The molecule has 1 aliphatic rings. The van der Waals surface area contributed by atoms with Crippen molar-refractivity contribution in [1.82, 2.24) is 14.9 Å². The monoisotopic (exact) mass is 531 g/mol. The van der Waals surface area contributed by atoms with Crippen LogP contribution in [0, 0.1) is 0 Å². The van der Waals surface area contributed by atoms with Crippen LogP contribution in [0.25, 0.3) is 0 Å². The van der Waals surface area contributed by atoms with Gasteiger partial charge in [-0.15, -0.1) is 24.0 Å². The Morgan fingerprint density at radius 3 is 2.74 bits per heavy atom. The summed E-state index contributed by atoms with van der Waals surface area (Å²) in [4.78, 5) is 6.72. The van der Waals surface area contributed by atoms with E-state index in [0.29, 0.717) is 24.1 Å². The number of benzene rings is 1. The van der Waals surface area contributed by atoms with Crippen molar-refractivity contribution in [2.45, 2.75) is 11.3 Å². The lowest BCUT2D eigenvalue weighted by Gasteiger charge is -2.26. The Morgan fingerprint density at radius 2 is 2.04 bits per heavy atom. The molecule has 0 atom stereocenters. The van der Waals surface area contributed by atoms with Crippen molar-refractivity contribution in [2.75, 3.05) is 52.5 Å². The molecule has 0 spiro atoms. The minimum atomic E-state index is -3.58. The zero-order valence-electron chi connectivity index (χ0n) is 15.1. The smallest absolute Gasteiger partial charge is 0.240 e. The average Bonchev–Trinajstić information content (AvgIpc) is 2.63. The minimum Gasteiger partial charge on any atom is -0.379 e. The second-order valence-corrected chi connectivity index (χ2v) is 8.06. The molecule has 4 N–H and O–H groups in total. The van der Waals surface area contributed by atoms with Crippen LogP contribution in [0.1, 0.15) is 6.42 Å². The van der Waals surface area contributed by atoms with E-state index in [9.17, 15) is 8.42 Å². The van der Waals surface area contributed by atoms with Gasteiger partial charge in [0.05, 0.1) is 18.1 Å². The van der Waals surface area contributed by atoms with Gasteiger partial charge >= 0.3 is 0 Å². The number of rotatable bonds is 9. The number of nitrogens with one attached hydrogen (secondary N) is 2. The van der Waals surface area contributed by atoms with Crippen LogP contribution < -0.4 is 15.8 Å². The highest BCUT2D eigenvalue weighted by Crippen LogP contribution is 2.14. The summed E-state index contributed by atoms with van der Waals surface area (Å²) in [6, 6.07) is 6.11. The van der Waals surface area contributed by atoms with Crippen LogP contribution in [0.2, 0.25) is 5.02 Å². The maximum absolute atomic E-state index is 12.1. The van der Waals surface area contributed by atoms with Crippen molar-refractivity contribution in [3.63, 3.8) is 0 Å². The van der Waals surface area contributed by atoms with Crippen LogP contribution in [0.5, 0.6) is 0 Å². The number of nitrogens with two attached hydrogens (primary N) is 1. The van der Waals surface area contributed by atoms with Crippen molar-refractivity contribution < 1.29 is 13.2 Å². The van der Waals surface area contributed by atoms with Gasteiger partial charge < -0.3 is 15.8 Å². The van der Waals surface area contributed by atoms with Crippen LogP contribution in [0.3, 0.4) is 0 Å². The van der Waals surface area contributed by atoms with Gasteiger partial charge in [0.2, 0.25) is 10.0 Å². The van der Waals surface area contributed by atoms with Gasteiger partial charge in [-0.3, -0.25) is 9.89 Å². The van der Waals surface area contributed by atoms with Crippen LogP contribution in [-0.2, 0) is 14.8 Å². The number of hydrogen-bond acceptors (Lipinski definition) is 5. The maximum atomic E-state index is 12.1. The molecule has 0 unspecified atom stereocenters. The molecule has 0 saturated carbocycles. The fourth-order valence-corrected chi connectivity index (χ4v) is 3.80. The predicted octanol–water partition coefficient (Wildman–Crippen LogP) is 0.863. The van der Waals surface area contributed by atoms with E-state index in [1.807, 2.05) is 0 Å². The van der Waals surface area contributed by atoms with E-state index in [4.69, 9.17) is 22.1 Å². The lowest BCUT2D eigenvalue weighted by atomic mass is 10.3. The van der Waals surface area contributed by atoms with E-state index in [0.717, 1.165) is 39.3 Å². The van der Waals surface area contributed by atoms with Crippen LogP contribution in [0.4, 0.5) is 0 Å². The molecule has 1 saturated heterocycles. The summed E-state index contributed by atoms with van der Waals surface area (Å²) in [7, 11) is -3.58. The molecule has 11 heteroatoms. The van der Waals surface area contributed by atoms with E-state index in [1.54, 1.807) is 12.1 Å². The average molecular weight is 532 g/mol. The van der Waals surface area contributed by atoms with Gasteiger partial charge in [0, 0.05) is 44.3 Å². The second-order valence-electron chi connectivity index (χ2n) is 5.86. The first-order chi connectivity index (χ1) is 12.5. The lowest BCUT2D eigenvalue weighted by molar-refractivity contribution is 0.0377. The molecule has 0 amide bonds. The Hall–Kier alpha value is -0.660. The molecule has 0 aliphatic carbocycles. The molecule has 0 aromatic heterocycles. The third-order valence-corrected chi connectivity index (χ3v) is 5.54.